The topological polar surface area (TPSA) is 109 Å². The number of fused-ring (bicyclic) bond motifs is 1. The molecule has 8 nitrogen and oxygen atoms in total. The highest BCUT2D eigenvalue weighted by molar-refractivity contribution is 5.91. The number of carbonyl (C=O) groups excluding carboxylic acids is 1. The van der Waals surface area contributed by atoms with Crippen LogP contribution in [0.15, 0.2) is 12.3 Å². The van der Waals surface area contributed by atoms with E-state index in [4.69, 9.17) is 5.11 Å². The van der Waals surface area contributed by atoms with E-state index < -0.39 is 17.3 Å². The van der Waals surface area contributed by atoms with Crippen LogP contribution in [0.4, 0.5) is 0 Å². The Morgan fingerprint density at radius 2 is 2.15 bits per heavy atom. The number of nitrogens with one attached hydrogen (secondary N) is 1. The fourth-order valence-corrected chi connectivity index (χ4v) is 1.46. The zero-order valence-corrected chi connectivity index (χ0v) is 11.4. The summed E-state index contributed by atoms with van der Waals surface area (Å²) < 4.78 is 1.46. The van der Waals surface area contributed by atoms with Crippen molar-refractivity contribution in [1.29, 1.82) is 0 Å². The van der Waals surface area contributed by atoms with Gasteiger partial charge < -0.3 is 10.4 Å². The molecule has 0 saturated heterocycles. The van der Waals surface area contributed by atoms with E-state index in [0.29, 0.717) is 5.78 Å². The van der Waals surface area contributed by atoms with E-state index in [1.54, 1.807) is 12.3 Å². The number of carboxylic acids is 1. The van der Waals surface area contributed by atoms with Crippen molar-refractivity contribution in [2.45, 2.75) is 20.8 Å². The van der Waals surface area contributed by atoms with Gasteiger partial charge in [-0.25, -0.2) is 9.50 Å². The van der Waals surface area contributed by atoms with Crippen LogP contribution >= 0.6 is 0 Å². The van der Waals surface area contributed by atoms with E-state index in [2.05, 4.69) is 20.4 Å². The predicted octanol–water partition coefficient (Wildman–Crippen LogP) is 0.273. The molecule has 8 heteroatoms. The van der Waals surface area contributed by atoms with Crippen LogP contribution in [0.25, 0.3) is 5.78 Å². The SMILES string of the molecule is Cc1ccnc2nc(C(=O)NCC(C)(C)C(=O)O)nn12. The maximum Gasteiger partial charge on any atom is 0.310 e. The lowest BCUT2D eigenvalue weighted by molar-refractivity contribution is -0.146. The Kier molecular flexibility index (Phi) is 3.39. The molecule has 0 aromatic carbocycles. The van der Waals surface area contributed by atoms with Gasteiger partial charge in [-0.1, -0.05) is 0 Å². The highest BCUT2D eigenvalue weighted by Crippen LogP contribution is 2.13. The third kappa shape index (κ3) is 2.58. The number of aromatic nitrogens is 4. The summed E-state index contributed by atoms with van der Waals surface area (Å²) in [5.74, 6) is -1.22. The van der Waals surface area contributed by atoms with Crippen LogP contribution in [-0.4, -0.2) is 43.1 Å². The number of aliphatic carboxylic acids is 1. The average Bonchev–Trinajstić information content (AvgIpc) is 2.81. The van der Waals surface area contributed by atoms with E-state index in [9.17, 15) is 9.59 Å². The molecule has 1 amide bonds. The van der Waals surface area contributed by atoms with Crippen LogP contribution in [0.5, 0.6) is 0 Å². The van der Waals surface area contributed by atoms with Crippen molar-refractivity contribution in [3.05, 3.63) is 23.8 Å². The Bertz CT molecular complexity index is 677. The largest absolute Gasteiger partial charge is 0.481 e. The molecule has 0 spiro atoms. The summed E-state index contributed by atoms with van der Waals surface area (Å²) in [7, 11) is 0. The number of nitrogens with zero attached hydrogens (tertiary/aromatic N) is 4. The molecule has 2 rings (SSSR count). The fourth-order valence-electron chi connectivity index (χ4n) is 1.46. The van der Waals surface area contributed by atoms with Gasteiger partial charge in [0.15, 0.2) is 0 Å². The number of aryl methyl sites for hydroxylation is 1. The Balaban J connectivity index is 2.16. The quantitative estimate of drug-likeness (QED) is 0.830. The van der Waals surface area contributed by atoms with Crippen LogP contribution in [-0.2, 0) is 4.79 Å². The lowest BCUT2D eigenvalue weighted by atomic mass is 9.94. The van der Waals surface area contributed by atoms with Crippen molar-refractivity contribution in [3.63, 3.8) is 0 Å². The molecule has 0 radical (unpaired) electrons. The summed E-state index contributed by atoms with van der Waals surface area (Å²) >= 11 is 0. The second-order valence-electron chi connectivity index (χ2n) is 5.11. The first-order valence-corrected chi connectivity index (χ1v) is 6.01. The van der Waals surface area contributed by atoms with Crippen molar-refractivity contribution in [2.75, 3.05) is 6.54 Å². The van der Waals surface area contributed by atoms with Gasteiger partial charge in [0, 0.05) is 18.4 Å². The Labute approximate surface area is 114 Å². The fraction of sp³-hybridized carbons (Fsp3) is 0.417. The Morgan fingerprint density at radius 1 is 1.45 bits per heavy atom. The molecule has 0 fully saturated rings. The highest BCUT2D eigenvalue weighted by Gasteiger charge is 2.28. The summed E-state index contributed by atoms with van der Waals surface area (Å²) in [6.45, 7) is 4.86. The van der Waals surface area contributed by atoms with E-state index in [1.165, 1.54) is 18.4 Å². The van der Waals surface area contributed by atoms with Gasteiger partial charge in [0.1, 0.15) is 0 Å². The van der Waals surface area contributed by atoms with Crippen LogP contribution in [0.1, 0.15) is 30.2 Å². The number of carboxylic acid groups (broad SMARTS) is 1. The van der Waals surface area contributed by atoms with Crippen LogP contribution in [0.3, 0.4) is 0 Å². The van der Waals surface area contributed by atoms with E-state index in [1.807, 2.05) is 6.92 Å². The maximum absolute atomic E-state index is 11.9. The van der Waals surface area contributed by atoms with Crippen LogP contribution in [0, 0.1) is 12.3 Å². The van der Waals surface area contributed by atoms with Gasteiger partial charge in [-0.15, -0.1) is 5.10 Å². The minimum atomic E-state index is -1.05. The second-order valence-corrected chi connectivity index (χ2v) is 5.11. The van der Waals surface area contributed by atoms with Crippen molar-refractivity contribution in [3.8, 4) is 0 Å². The Morgan fingerprint density at radius 3 is 2.75 bits per heavy atom. The molecule has 0 aliphatic carbocycles. The molecular formula is C12H15N5O3. The van der Waals surface area contributed by atoms with Crippen LogP contribution in [0.2, 0.25) is 0 Å². The zero-order chi connectivity index (χ0) is 14.9. The summed E-state index contributed by atoms with van der Waals surface area (Å²) in [5.41, 5.74) is -0.254. The molecule has 0 aliphatic heterocycles. The van der Waals surface area contributed by atoms with Crippen LogP contribution < -0.4 is 5.32 Å². The van der Waals surface area contributed by atoms with Gasteiger partial charge in [-0.05, 0) is 26.8 Å². The smallest absolute Gasteiger partial charge is 0.310 e. The molecular weight excluding hydrogens is 262 g/mol. The molecule has 0 unspecified atom stereocenters. The minimum absolute atomic E-state index is 0.0108. The number of carbonyl (C=O) groups is 2. The molecule has 2 aromatic heterocycles. The van der Waals surface area contributed by atoms with Gasteiger partial charge in [-0.3, -0.25) is 9.59 Å². The van der Waals surface area contributed by atoms with Gasteiger partial charge in [0.2, 0.25) is 5.82 Å². The normalized spacial score (nSPS) is 11.6. The van der Waals surface area contributed by atoms with E-state index in [0.717, 1.165) is 5.69 Å². The van der Waals surface area contributed by atoms with Crippen molar-refractivity contribution in [2.24, 2.45) is 5.41 Å². The molecule has 0 bridgehead atoms. The molecule has 106 valence electrons. The summed E-state index contributed by atoms with van der Waals surface area (Å²) in [4.78, 5) is 30.9. The molecule has 0 saturated carbocycles. The van der Waals surface area contributed by atoms with Crippen molar-refractivity contribution < 1.29 is 14.7 Å². The first-order chi connectivity index (χ1) is 9.31. The number of rotatable bonds is 4. The zero-order valence-electron chi connectivity index (χ0n) is 11.4. The third-order valence-corrected chi connectivity index (χ3v) is 2.90. The molecule has 0 aliphatic rings. The van der Waals surface area contributed by atoms with Gasteiger partial charge in [0.25, 0.3) is 11.7 Å². The lowest BCUT2D eigenvalue weighted by Crippen LogP contribution is -2.39. The summed E-state index contributed by atoms with van der Waals surface area (Å²) in [5, 5.41) is 15.5. The number of hydrogen-bond acceptors (Lipinski definition) is 5. The van der Waals surface area contributed by atoms with E-state index in [-0.39, 0.29) is 12.4 Å². The predicted molar refractivity (Wildman–Crippen MR) is 69.3 cm³/mol. The van der Waals surface area contributed by atoms with Gasteiger partial charge in [0.05, 0.1) is 5.41 Å². The van der Waals surface area contributed by atoms with Gasteiger partial charge in [-0.2, -0.15) is 4.98 Å². The summed E-state index contributed by atoms with van der Waals surface area (Å²) in [6, 6.07) is 1.75. The highest BCUT2D eigenvalue weighted by atomic mass is 16.4. The maximum atomic E-state index is 11.9. The summed E-state index contributed by atoms with van der Waals surface area (Å²) in [6.07, 6.45) is 1.58. The van der Waals surface area contributed by atoms with Gasteiger partial charge >= 0.3 is 5.97 Å². The first kappa shape index (κ1) is 13.9. The molecule has 2 N–H and O–H groups in total. The van der Waals surface area contributed by atoms with Crippen molar-refractivity contribution in [1.82, 2.24) is 24.9 Å². The molecule has 2 aromatic rings. The first-order valence-electron chi connectivity index (χ1n) is 6.01. The molecule has 20 heavy (non-hydrogen) atoms. The monoisotopic (exact) mass is 277 g/mol. The van der Waals surface area contributed by atoms with Crippen molar-refractivity contribution >= 4 is 17.7 Å². The molecule has 0 atom stereocenters. The number of amides is 1. The van der Waals surface area contributed by atoms with E-state index >= 15 is 0 Å². The lowest BCUT2D eigenvalue weighted by Gasteiger charge is -2.18. The Hall–Kier alpha value is -2.51. The third-order valence-electron chi connectivity index (χ3n) is 2.90. The standard InChI is InChI=1S/C12H15N5O3/c1-7-4-5-13-11-15-8(16-17(7)11)9(18)14-6-12(2,3)10(19)20/h4-5H,6H2,1-3H3,(H,14,18)(H,19,20). The molecule has 2 heterocycles. The number of hydrogen-bond donors (Lipinski definition) is 2. The second kappa shape index (κ2) is 4.87. The average molecular weight is 277 g/mol. The minimum Gasteiger partial charge on any atom is -0.481 e.